The first-order valence-electron chi connectivity index (χ1n) is 11.1. The fourth-order valence-electron chi connectivity index (χ4n) is 4.20. The smallest absolute Gasteiger partial charge is 0.246 e. The number of piperazine rings is 1. The highest BCUT2D eigenvalue weighted by Crippen LogP contribution is 2.17. The standard InChI is InChI=1S/C21H37N7O.HI/c1-4-22-21(23-10-6-8-12-26-11-7-5-9-18(26)2)27-13-14-28(20(29)17-27)19-15-24-25(3)16-19;/h15-16,18H,4-14,17H2,1-3H3,(H,22,23);1H. The van der Waals surface area contributed by atoms with E-state index in [9.17, 15) is 4.79 Å². The molecule has 1 unspecified atom stereocenters. The van der Waals surface area contributed by atoms with E-state index >= 15 is 0 Å². The van der Waals surface area contributed by atoms with Crippen LogP contribution in [-0.4, -0.2) is 83.3 Å². The highest BCUT2D eigenvalue weighted by molar-refractivity contribution is 14.0. The van der Waals surface area contributed by atoms with Gasteiger partial charge < -0.3 is 20.0 Å². The third-order valence-corrected chi connectivity index (χ3v) is 5.91. The Morgan fingerprint density at radius 2 is 2.10 bits per heavy atom. The van der Waals surface area contributed by atoms with Crippen molar-refractivity contribution in [3.05, 3.63) is 12.4 Å². The molecule has 3 rings (SSSR count). The summed E-state index contributed by atoms with van der Waals surface area (Å²) in [5.41, 5.74) is 0.867. The number of piperidine rings is 1. The molecule has 0 radical (unpaired) electrons. The number of likely N-dealkylation sites (tertiary alicyclic amines) is 1. The number of amides is 1. The van der Waals surface area contributed by atoms with Gasteiger partial charge in [0.25, 0.3) is 0 Å². The van der Waals surface area contributed by atoms with E-state index in [-0.39, 0.29) is 29.9 Å². The Morgan fingerprint density at radius 1 is 1.27 bits per heavy atom. The quantitative estimate of drug-likeness (QED) is 0.253. The predicted molar refractivity (Wildman–Crippen MR) is 133 cm³/mol. The topological polar surface area (TPSA) is 69.0 Å². The summed E-state index contributed by atoms with van der Waals surface area (Å²) in [4.78, 5) is 24.0. The molecule has 170 valence electrons. The molecule has 1 aromatic heterocycles. The summed E-state index contributed by atoms with van der Waals surface area (Å²) in [5.74, 6) is 0.951. The van der Waals surface area contributed by atoms with Crippen molar-refractivity contribution in [1.82, 2.24) is 24.9 Å². The monoisotopic (exact) mass is 531 g/mol. The van der Waals surface area contributed by atoms with Crippen LogP contribution in [0.3, 0.4) is 0 Å². The van der Waals surface area contributed by atoms with Crippen LogP contribution in [0.25, 0.3) is 0 Å². The van der Waals surface area contributed by atoms with Crippen LogP contribution in [0.2, 0.25) is 0 Å². The van der Waals surface area contributed by atoms with Gasteiger partial charge in [-0.3, -0.25) is 14.5 Å². The SMILES string of the molecule is CCNC(=NCCCCN1CCCCC1C)N1CCN(c2cnn(C)c2)C(=O)C1.I. The molecule has 0 aromatic carbocycles. The lowest BCUT2D eigenvalue weighted by Crippen LogP contribution is -2.55. The molecule has 9 heteroatoms. The predicted octanol–water partition coefficient (Wildman–Crippen LogP) is 2.31. The summed E-state index contributed by atoms with van der Waals surface area (Å²) in [6, 6.07) is 0.728. The summed E-state index contributed by atoms with van der Waals surface area (Å²) in [6.07, 6.45) is 9.95. The lowest BCUT2D eigenvalue weighted by Gasteiger charge is -2.35. The number of hydrogen-bond donors (Lipinski definition) is 1. The molecule has 0 saturated carbocycles. The average Bonchev–Trinajstić information content (AvgIpc) is 3.14. The second kappa shape index (κ2) is 12.5. The molecule has 2 aliphatic rings. The normalized spacial score (nSPS) is 21.0. The number of aryl methyl sites for hydroxylation is 1. The first kappa shape index (κ1) is 24.9. The second-order valence-electron chi connectivity index (χ2n) is 8.16. The Morgan fingerprint density at radius 3 is 2.77 bits per heavy atom. The van der Waals surface area contributed by atoms with Crippen LogP contribution in [0.4, 0.5) is 5.69 Å². The molecule has 2 aliphatic heterocycles. The van der Waals surface area contributed by atoms with E-state index in [1.807, 2.05) is 18.1 Å². The summed E-state index contributed by atoms with van der Waals surface area (Å²) in [5, 5.41) is 7.53. The molecule has 3 heterocycles. The number of nitrogens with one attached hydrogen (secondary N) is 1. The molecule has 2 fully saturated rings. The third kappa shape index (κ3) is 6.83. The molecule has 0 bridgehead atoms. The van der Waals surface area contributed by atoms with Gasteiger partial charge >= 0.3 is 0 Å². The molecule has 1 aromatic rings. The molecule has 0 aliphatic carbocycles. The minimum atomic E-state index is 0. The first-order chi connectivity index (χ1) is 14.1. The first-order valence-corrected chi connectivity index (χ1v) is 11.1. The number of aliphatic imine (C=N–C) groups is 1. The van der Waals surface area contributed by atoms with E-state index < -0.39 is 0 Å². The van der Waals surface area contributed by atoms with Crippen LogP contribution in [0.1, 0.15) is 46.0 Å². The third-order valence-electron chi connectivity index (χ3n) is 5.91. The van der Waals surface area contributed by atoms with E-state index in [2.05, 4.69) is 34.1 Å². The summed E-state index contributed by atoms with van der Waals surface area (Å²) < 4.78 is 1.73. The number of nitrogens with zero attached hydrogens (tertiary/aromatic N) is 6. The van der Waals surface area contributed by atoms with E-state index in [1.165, 1.54) is 38.8 Å². The van der Waals surface area contributed by atoms with Crippen LogP contribution >= 0.6 is 24.0 Å². The van der Waals surface area contributed by atoms with E-state index in [0.29, 0.717) is 13.1 Å². The van der Waals surface area contributed by atoms with E-state index in [4.69, 9.17) is 4.99 Å². The van der Waals surface area contributed by atoms with E-state index in [1.54, 1.807) is 10.9 Å². The van der Waals surface area contributed by atoms with Gasteiger partial charge in [0.15, 0.2) is 5.96 Å². The second-order valence-corrected chi connectivity index (χ2v) is 8.16. The zero-order valence-corrected chi connectivity index (χ0v) is 21.0. The minimum Gasteiger partial charge on any atom is -0.357 e. The fourth-order valence-corrected chi connectivity index (χ4v) is 4.20. The Kier molecular flexibility index (Phi) is 10.4. The number of carbonyl (C=O) groups excluding carboxylic acids is 1. The number of anilines is 1. The maximum atomic E-state index is 12.7. The van der Waals surface area contributed by atoms with Gasteiger partial charge in [0.05, 0.1) is 11.9 Å². The van der Waals surface area contributed by atoms with Crippen molar-refractivity contribution in [2.75, 3.05) is 50.7 Å². The Hall–Kier alpha value is -1.36. The number of carbonyl (C=O) groups is 1. The van der Waals surface area contributed by atoms with Gasteiger partial charge in [-0.05, 0) is 52.6 Å². The molecule has 1 amide bonds. The number of hydrogen-bond acceptors (Lipinski definition) is 4. The summed E-state index contributed by atoms with van der Waals surface area (Å²) >= 11 is 0. The van der Waals surface area contributed by atoms with Gasteiger partial charge in [-0.2, -0.15) is 5.10 Å². The molecule has 1 N–H and O–H groups in total. The molecule has 1 atom stereocenters. The maximum Gasteiger partial charge on any atom is 0.246 e. The van der Waals surface area contributed by atoms with Crippen molar-refractivity contribution in [2.45, 2.75) is 52.0 Å². The fraction of sp³-hybridized carbons (Fsp3) is 0.762. The number of guanidine groups is 1. The molecule has 8 nitrogen and oxygen atoms in total. The van der Waals surface area contributed by atoms with Crippen molar-refractivity contribution in [1.29, 1.82) is 0 Å². The van der Waals surface area contributed by atoms with Crippen molar-refractivity contribution in [3.8, 4) is 0 Å². The van der Waals surface area contributed by atoms with E-state index in [0.717, 1.165) is 43.7 Å². The van der Waals surface area contributed by atoms with Crippen molar-refractivity contribution < 1.29 is 4.79 Å². The van der Waals surface area contributed by atoms with Crippen molar-refractivity contribution in [2.24, 2.45) is 12.0 Å². The highest BCUT2D eigenvalue weighted by atomic mass is 127. The minimum absolute atomic E-state index is 0. The Bertz CT molecular complexity index is 693. The van der Waals surface area contributed by atoms with Gasteiger partial charge in [-0.25, -0.2) is 0 Å². The van der Waals surface area contributed by atoms with Crippen molar-refractivity contribution >= 4 is 41.5 Å². The highest BCUT2D eigenvalue weighted by Gasteiger charge is 2.27. The molecule has 2 saturated heterocycles. The van der Waals surface area contributed by atoms with Crippen molar-refractivity contribution in [3.63, 3.8) is 0 Å². The van der Waals surface area contributed by atoms with Crippen LogP contribution in [-0.2, 0) is 11.8 Å². The lowest BCUT2D eigenvalue weighted by atomic mass is 10.0. The van der Waals surface area contributed by atoms with Crippen LogP contribution in [0.5, 0.6) is 0 Å². The largest absolute Gasteiger partial charge is 0.357 e. The van der Waals surface area contributed by atoms with Gasteiger partial charge in [0, 0.05) is 45.5 Å². The maximum absolute atomic E-state index is 12.7. The molecular formula is C21H38IN7O. The zero-order chi connectivity index (χ0) is 20.6. The van der Waals surface area contributed by atoms with Gasteiger partial charge in [-0.15, -0.1) is 24.0 Å². The van der Waals surface area contributed by atoms with Crippen LogP contribution in [0, 0.1) is 0 Å². The zero-order valence-electron chi connectivity index (χ0n) is 18.7. The number of unbranched alkanes of at least 4 members (excludes halogenated alkanes) is 1. The van der Waals surface area contributed by atoms with Gasteiger partial charge in [-0.1, -0.05) is 6.42 Å². The lowest BCUT2D eigenvalue weighted by molar-refractivity contribution is -0.120. The van der Waals surface area contributed by atoms with Crippen LogP contribution < -0.4 is 10.2 Å². The molecular weight excluding hydrogens is 493 g/mol. The number of halogens is 1. The summed E-state index contributed by atoms with van der Waals surface area (Å²) in [6.45, 7) is 10.2. The Balaban J connectivity index is 0.00000320. The number of rotatable bonds is 7. The van der Waals surface area contributed by atoms with Gasteiger partial charge in [0.1, 0.15) is 6.54 Å². The average molecular weight is 531 g/mol. The van der Waals surface area contributed by atoms with Crippen LogP contribution in [0.15, 0.2) is 17.4 Å². The summed E-state index contributed by atoms with van der Waals surface area (Å²) in [7, 11) is 1.87. The Labute approximate surface area is 198 Å². The molecule has 30 heavy (non-hydrogen) atoms. The number of aromatic nitrogens is 2. The molecule has 0 spiro atoms. The van der Waals surface area contributed by atoms with Gasteiger partial charge in [0.2, 0.25) is 5.91 Å².